The first-order valence-corrected chi connectivity index (χ1v) is 10.1. The number of ether oxygens (including phenoxy) is 1. The Balaban J connectivity index is 1.45. The lowest BCUT2D eigenvalue weighted by Crippen LogP contribution is -2.30. The summed E-state index contributed by atoms with van der Waals surface area (Å²) in [5.41, 5.74) is 3.51. The highest BCUT2D eigenvalue weighted by atomic mass is 32.2. The minimum absolute atomic E-state index is 0.118. The van der Waals surface area contributed by atoms with Crippen molar-refractivity contribution in [1.29, 1.82) is 0 Å². The SMILES string of the molecule is CC(Sc1ccccc1)C(=O)NN=Cc1ccc(OC2CSC2)cc1. The predicted molar refractivity (Wildman–Crippen MR) is 106 cm³/mol. The van der Waals surface area contributed by atoms with Crippen LogP contribution >= 0.6 is 23.5 Å². The van der Waals surface area contributed by atoms with Gasteiger partial charge in [-0.05, 0) is 48.9 Å². The van der Waals surface area contributed by atoms with E-state index in [4.69, 9.17) is 4.74 Å². The number of hydrazone groups is 1. The van der Waals surface area contributed by atoms with Crippen LogP contribution in [0.15, 0.2) is 64.6 Å². The van der Waals surface area contributed by atoms with Crippen LogP contribution in [0.1, 0.15) is 12.5 Å². The van der Waals surface area contributed by atoms with Crippen molar-refractivity contribution in [2.75, 3.05) is 11.5 Å². The minimum Gasteiger partial charge on any atom is -0.489 e. The summed E-state index contributed by atoms with van der Waals surface area (Å²) in [6.07, 6.45) is 1.98. The standard InChI is InChI=1S/C19H20N2O2S2/c1-14(25-18-5-3-2-4-6-18)19(22)21-20-11-15-7-9-16(10-8-15)23-17-12-24-13-17/h2-11,14,17H,12-13H2,1H3,(H,21,22). The summed E-state index contributed by atoms with van der Waals surface area (Å²) in [6, 6.07) is 17.6. The zero-order chi connectivity index (χ0) is 17.5. The molecule has 1 atom stereocenters. The van der Waals surface area contributed by atoms with Crippen molar-refractivity contribution in [3.63, 3.8) is 0 Å². The van der Waals surface area contributed by atoms with Gasteiger partial charge in [-0.15, -0.1) is 11.8 Å². The molecule has 1 N–H and O–H groups in total. The van der Waals surface area contributed by atoms with E-state index in [1.54, 1.807) is 6.21 Å². The molecule has 3 rings (SSSR count). The molecule has 1 aliphatic rings. The summed E-state index contributed by atoms with van der Waals surface area (Å²) in [7, 11) is 0. The van der Waals surface area contributed by atoms with E-state index in [9.17, 15) is 4.79 Å². The van der Waals surface area contributed by atoms with Crippen LogP contribution in [0, 0.1) is 0 Å². The van der Waals surface area contributed by atoms with E-state index in [2.05, 4.69) is 10.5 Å². The molecule has 6 heteroatoms. The number of nitrogens with zero attached hydrogens (tertiary/aromatic N) is 1. The first-order valence-electron chi connectivity index (χ1n) is 8.10. The van der Waals surface area contributed by atoms with Gasteiger partial charge in [0.25, 0.3) is 5.91 Å². The molecule has 0 spiro atoms. The average molecular weight is 373 g/mol. The largest absolute Gasteiger partial charge is 0.489 e. The van der Waals surface area contributed by atoms with Crippen molar-refractivity contribution >= 4 is 35.6 Å². The Morgan fingerprint density at radius 1 is 1.24 bits per heavy atom. The zero-order valence-corrected chi connectivity index (χ0v) is 15.6. The molecule has 2 aromatic carbocycles. The molecule has 1 amide bonds. The Morgan fingerprint density at radius 2 is 1.96 bits per heavy atom. The number of rotatable bonds is 7. The third kappa shape index (κ3) is 5.54. The molecule has 0 aliphatic carbocycles. The van der Waals surface area contributed by atoms with Crippen molar-refractivity contribution in [3.05, 3.63) is 60.2 Å². The summed E-state index contributed by atoms with van der Waals surface area (Å²) >= 11 is 3.40. The summed E-state index contributed by atoms with van der Waals surface area (Å²) < 4.78 is 5.80. The van der Waals surface area contributed by atoms with Crippen LogP contribution in [0.2, 0.25) is 0 Å². The van der Waals surface area contributed by atoms with Gasteiger partial charge in [-0.2, -0.15) is 16.9 Å². The molecule has 25 heavy (non-hydrogen) atoms. The molecule has 0 bridgehead atoms. The van der Waals surface area contributed by atoms with Crippen LogP contribution in [0.5, 0.6) is 5.75 Å². The van der Waals surface area contributed by atoms with Crippen molar-refractivity contribution in [2.24, 2.45) is 5.10 Å². The maximum atomic E-state index is 12.1. The van der Waals surface area contributed by atoms with Gasteiger partial charge in [0.1, 0.15) is 11.9 Å². The van der Waals surface area contributed by atoms with Crippen LogP contribution in [-0.2, 0) is 4.79 Å². The highest BCUT2D eigenvalue weighted by Gasteiger charge is 2.19. The fraction of sp³-hybridized carbons (Fsp3) is 0.263. The maximum absolute atomic E-state index is 12.1. The number of carbonyl (C=O) groups excluding carboxylic acids is 1. The molecule has 0 aromatic heterocycles. The van der Waals surface area contributed by atoms with E-state index in [0.29, 0.717) is 6.10 Å². The van der Waals surface area contributed by atoms with Gasteiger partial charge < -0.3 is 4.74 Å². The molecular formula is C19H20N2O2S2. The highest BCUT2D eigenvalue weighted by Crippen LogP contribution is 2.24. The van der Waals surface area contributed by atoms with Crippen molar-refractivity contribution < 1.29 is 9.53 Å². The number of thioether (sulfide) groups is 2. The van der Waals surface area contributed by atoms with Gasteiger partial charge in [0, 0.05) is 16.4 Å². The Hall–Kier alpha value is -1.92. The Morgan fingerprint density at radius 3 is 2.60 bits per heavy atom. The Kier molecular flexibility index (Phi) is 6.42. The first kappa shape index (κ1) is 17.9. The number of nitrogens with one attached hydrogen (secondary N) is 1. The topological polar surface area (TPSA) is 50.7 Å². The van der Waals surface area contributed by atoms with Crippen LogP contribution in [0.4, 0.5) is 0 Å². The molecule has 1 fully saturated rings. The summed E-state index contributed by atoms with van der Waals surface area (Å²) in [4.78, 5) is 13.1. The fourth-order valence-electron chi connectivity index (χ4n) is 2.13. The predicted octanol–water partition coefficient (Wildman–Crippen LogP) is 3.81. The van der Waals surface area contributed by atoms with E-state index in [0.717, 1.165) is 27.7 Å². The van der Waals surface area contributed by atoms with Crippen LogP contribution < -0.4 is 10.2 Å². The van der Waals surface area contributed by atoms with Gasteiger partial charge in [0.05, 0.1) is 11.5 Å². The molecule has 1 aliphatic heterocycles. The monoisotopic (exact) mass is 372 g/mol. The van der Waals surface area contributed by atoms with Gasteiger partial charge in [-0.1, -0.05) is 18.2 Å². The van der Waals surface area contributed by atoms with Gasteiger partial charge >= 0.3 is 0 Å². The quantitative estimate of drug-likeness (QED) is 0.456. The Bertz CT molecular complexity index is 716. The minimum atomic E-state index is -0.212. The summed E-state index contributed by atoms with van der Waals surface area (Å²) in [6.45, 7) is 1.87. The fourth-order valence-corrected chi connectivity index (χ4v) is 3.57. The second-order valence-corrected chi connectivity index (χ2v) is 8.14. The van der Waals surface area contributed by atoms with Gasteiger partial charge in [-0.3, -0.25) is 4.79 Å². The van der Waals surface area contributed by atoms with E-state index in [1.807, 2.05) is 73.3 Å². The van der Waals surface area contributed by atoms with Gasteiger partial charge in [-0.25, -0.2) is 5.43 Å². The normalized spacial score (nSPS) is 15.6. The number of benzene rings is 2. The molecular weight excluding hydrogens is 352 g/mol. The second kappa shape index (κ2) is 8.97. The van der Waals surface area contributed by atoms with Crippen molar-refractivity contribution in [2.45, 2.75) is 23.2 Å². The molecule has 4 nitrogen and oxygen atoms in total. The van der Waals surface area contributed by atoms with Crippen LogP contribution in [0.3, 0.4) is 0 Å². The third-order valence-electron chi connectivity index (χ3n) is 3.60. The smallest absolute Gasteiger partial charge is 0.253 e. The number of hydrogen-bond acceptors (Lipinski definition) is 5. The van der Waals surface area contributed by atoms with Gasteiger partial charge in [0.15, 0.2) is 0 Å². The molecule has 130 valence electrons. The lowest BCUT2D eigenvalue weighted by atomic mass is 10.2. The van der Waals surface area contributed by atoms with E-state index < -0.39 is 0 Å². The number of carbonyl (C=O) groups is 1. The van der Waals surface area contributed by atoms with E-state index in [1.165, 1.54) is 11.8 Å². The molecule has 1 unspecified atom stereocenters. The molecule has 0 radical (unpaired) electrons. The Labute approximate surface area is 156 Å². The van der Waals surface area contributed by atoms with E-state index >= 15 is 0 Å². The van der Waals surface area contributed by atoms with Crippen LogP contribution in [0.25, 0.3) is 0 Å². The summed E-state index contributed by atoms with van der Waals surface area (Å²) in [5.74, 6) is 2.88. The second-order valence-electron chi connectivity index (χ2n) is 5.65. The van der Waals surface area contributed by atoms with Crippen LogP contribution in [-0.4, -0.2) is 35.0 Å². The van der Waals surface area contributed by atoms with Gasteiger partial charge in [0.2, 0.25) is 0 Å². The molecule has 2 aromatic rings. The third-order valence-corrected chi connectivity index (χ3v) is 5.93. The maximum Gasteiger partial charge on any atom is 0.253 e. The highest BCUT2D eigenvalue weighted by molar-refractivity contribution is 8.00. The lowest BCUT2D eigenvalue weighted by molar-refractivity contribution is -0.120. The zero-order valence-electron chi connectivity index (χ0n) is 13.9. The first-order chi connectivity index (χ1) is 12.2. The molecule has 1 saturated heterocycles. The molecule has 1 heterocycles. The van der Waals surface area contributed by atoms with Crippen molar-refractivity contribution in [1.82, 2.24) is 5.43 Å². The average Bonchev–Trinajstić information content (AvgIpc) is 2.60. The number of amides is 1. The van der Waals surface area contributed by atoms with Crippen molar-refractivity contribution in [3.8, 4) is 5.75 Å². The molecule has 0 saturated carbocycles. The number of hydrogen-bond donors (Lipinski definition) is 1. The lowest BCUT2D eigenvalue weighted by Gasteiger charge is -2.25. The van der Waals surface area contributed by atoms with E-state index in [-0.39, 0.29) is 11.2 Å². The summed E-state index contributed by atoms with van der Waals surface area (Å²) in [5, 5.41) is 3.83.